The van der Waals surface area contributed by atoms with Gasteiger partial charge in [0.2, 0.25) is 0 Å². The quantitative estimate of drug-likeness (QED) is 0.561. The number of nitrogens with zero attached hydrogens (tertiary/aromatic N) is 1. The van der Waals surface area contributed by atoms with Crippen LogP contribution in [0, 0.1) is 5.92 Å². The molecule has 6 heteroatoms. The van der Waals surface area contributed by atoms with Crippen molar-refractivity contribution in [3.8, 4) is 22.4 Å². The Bertz CT molecular complexity index is 824. The van der Waals surface area contributed by atoms with Gasteiger partial charge in [-0.1, -0.05) is 31.2 Å². The largest absolute Gasteiger partial charge is 0.448 e. The van der Waals surface area contributed by atoms with Gasteiger partial charge in [-0.05, 0) is 29.0 Å². The van der Waals surface area contributed by atoms with Gasteiger partial charge in [0.05, 0.1) is 6.10 Å². The third kappa shape index (κ3) is 3.88. The minimum atomic E-state index is -0.801. The maximum atomic E-state index is 10.6. The Morgan fingerprint density at radius 3 is 2.46 bits per heavy atom. The summed E-state index contributed by atoms with van der Waals surface area (Å²) in [6.45, 7) is 1.78. The Morgan fingerprint density at radius 2 is 1.85 bits per heavy atom. The standard InChI is InChI=1S/C20H23NO4S/c1-2-18-21-17(12-25-18)14-5-3-13(4-6-14)16-8-10-26-20(16)19(24)15(11-23)7-9-22/h3-6,8,10,12,15,19,22-24H,2,7,9,11H2,1H3. The summed E-state index contributed by atoms with van der Waals surface area (Å²) in [5.41, 5.74) is 3.72. The minimum absolute atomic E-state index is 0.0604. The first-order chi connectivity index (χ1) is 12.7. The number of aliphatic hydroxyl groups excluding tert-OH is 3. The van der Waals surface area contributed by atoms with Crippen molar-refractivity contribution in [3.63, 3.8) is 0 Å². The number of oxazole rings is 1. The fourth-order valence-corrected chi connectivity index (χ4v) is 3.94. The first-order valence-electron chi connectivity index (χ1n) is 8.70. The number of benzene rings is 1. The van der Waals surface area contributed by atoms with E-state index in [0.29, 0.717) is 12.3 Å². The van der Waals surface area contributed by atoms with Crippen LogP contribution in [0.2, 0.25) is 0 Å². The van der Waals surface area contributed by atoms with E-state index < -0.39 is 6.10 Å². The molecular formula is C20H23NO4S. The SMILES string of the molecule is CCc1nc(-c2ccc(-c3ccsc3C(O)C(CO)CCO)cc2)co1. The van der Waals surface area contributed by atoms with Crippen molar-refractivity contribution >= 4 is 11.3 Å². The number of aromatic nitrogens is 1. The molecule has 0 spiro atoms. The Hall–Kier alpha value is -1.99. The Balaban J connectivity index is 1.85. The maximum absolute atomic E-state index is 10.6. The highest BCUT2D eigenvalue weighted by Crippen LogP contribution is 2.37. The van der Waals surface area contributed by atoms with Gasteiger partial charge in [0, 0.05) is 36.0 Å². The van der Waals surface area contributed by atoms with Gasteiger partial charge in [-0.2, -0.15) is 0 Å². The minimum Gasteiger partial charge on any atom is -0.448 e. The second-order valence-electron chi connectivity index (χ2n) is 6.16. The lowest BCUT2D eigenvalue weighted by Gasteiger charge is -2.20. The van der Waals surface area contributed by atoms with E-state index in [0.717, 1.165) is 33.7 Å². The van der Waals surface area contributed by atoms with Gasteiger partial charge >= 0.3 is 0 Å². The Morgan fingerprint density at radius 1 is 1.12 bits per heavy atom. The van der Waals surface area contributed by atoms with E-state index in [-0.39, 0.29) is 19.1 Å². The molecule has 0 bridgehead atoms. The topological polar surface area (TPSA) is 86.7 Å². The molecule has 3 aromatic rings. The van der Waals surface area contributed by atoms with Crippen LogP contribution in [0.4, 0.5) is 0 Å². The third-order valence-electron chi connectivity index (χ3n) is 4.49. The van der Waals surface area contributed by atoms with Crippen molar-refractivity contribution in [1.29, 1.82) is 0 Å². The summed E-state index contributed by atoms with van der Waals surface area (Å²) in [4.78, 5) is 5.24. The van der Waals surface area contributed by atoms with Crippen LogP contribution < -0.4 is 0 Å². The fraction of sp³-hybridized carbons (Fsp3) is 0.350. The molecule has 2 unspecified atom stereocenters. The average Bonchev–Trinajstić information content (AvgIpc) is 3.35. The lowest BCUT2D eigenvalue weighted by atomic mass is 9.94. The van der Waals surface area contributed by atoms with Gasteiger partial charge < -0.3 is 19.7 Å². The number of thiophene rings is 1. The van der Waals surface area contributed by atoms with Crippen LogP contribution in [0.5, 0.6) is 0 Å². The highest BCUT2D eigenvalue weighted by atomic mass is 32.1. The molecule has 0 radical (unpaired) electrons. The van der Waals surface area contributed by atoms with Crippen molar-refractivity contribution in [2.75, 3.05) is 13.2 Å². The molecule has 5 nitrogen and oxygen atoms in total. The smallest absolute Gasteiger partial charge is 0.194 e. The highest BCUT2D eigenvalue weighted by Gasteiger charge is 2.24. The molecule has 2 aromatic heterocycles. The maximum Gasteiger partial charge on any atom is 0.194 e. The van der Waals surface area contributed by atoms with Gasteiger partial charge in [0.25, 0.3) is 0 Å². The average molecular weight is 373 g/mol. The molecule has 0 amide bonds. The molecule has 1 aromatic carbocycles. The normalized spacial score (nSPS) is 13.7. The zero-order valence-corrected chi connectivity index (χ0v) is 15.4. The van der Waals surface area contributed by atoms with E-state index in [1.165, 1.54) is 11.3 Å². The molecule has 26 heavy (non-hydrogen) atoms. The van der Waals surface area contributed by atoms with Crippen molar-refractivity contribution in [2.45, 2.75) is 25.9 Å². The van der Waals surface area contributed by atoms with Crippen LogP contribution >= 0.6 is 11.3 Å². The molecule has 0 aliphatic carbocycles. The number of rotatable bonds is 8. The molecule has 0 aliphatic rings. The highest BCUT2D eigenvalue weighted by molar-refractivity contribution is 7.10. The van der Waals surface area contributed by atoms with Crippen molar-refractivity contribution < 1.29 is 19.7 Å². The predicted molar refractivity (Wildman–Crippen MR) is 102 cm³/mol. The molecule has 0 aliphatic heterocycles. The van der Waals surface area contributed by atoms with E-state index >= 15 is 0 Å². The summed E-state index contributed by atoms with van der Waals surface area (Å²) < 4.78 is 5.40. The Kier molecular flexibility index (Phi) is 6.21. The monoisotopic (exact) mass is 373 g/mol. The second-order valence-corrected chi connectivity index (χ2v) is 7.10. The zero-order chi connectivity index (χ0) is 18.5. The lowest BCUT2D eigenvalue weighted by Crippen LogP contribution is -2.17. The molecule has 0 fully saturated rings. The number of aryl methyl sites for hydroxylation is 1. The van der Waals surface area contributed by atoms with Crippen molar-refractivity contribution in [3.05, 3.63) is 52.7 Å². The lowest BCUT2D eigenvalue weighted by molar-refractivity contribution is 0.0536. The zero-order valence-electron chi connectivity index (χ0n) is 14.6. The summed E-state index contributed by atoms with van der Waals surface area (Å²) in [7, 11) is 0. The van der Waals surface area contributed by atoms with E-state index in [4.69, 9.17) is 9.52 Å². The molecule has 3 rings (SSSR count). The summed E-state index contributed by atoms with van der Waals surface area (Å²) in [6.07, 6.45) is 1.98. The van der Waals surface area contributed by atoms with Gasteiger partial charge in [0.1, 0.15) is 12.0 Å². The van der Waals surface area contributed by atoms with E-state index in [2.05, 4.69) is 4.98 Å². The van der Waals surface area contributed by atoms with Crippen LogP contribution in [0.15, 0.2) is 46.4 Å². The van der Waals surface area contributed by atoms with Crippen molar-refractivity contribution in [1.82, 2.24) is 4.98 Å². The summed E-state index contributed by atoms with van der Waals surface area (Å²) in [5, 5.41) is 31.2. The number of hydrogen-bond donors (Lipinski definition) is 3. The van der Waals surface area contributed by atoms with E-state index in [1.54, 1.807) is 6.26 Å². The van der Waals surface area contributed by atoms with E-state index in [1.807, 2.05) is 42.6 Å². The summed E-state index contributed by atoms with van der Waals surface area (Å²) >= 11 is 1.46. The molecule has 2 heterocycles. The van der Waals surface area contributed by atoms with Gasteiger partial charge in [-0.15, -0.1) is 11.3 Å². The van der Waals surface area contributed by atoms with Crippen LogP contribution in [-0.2, 0) is 6.42 Å². The summed E-state index contributed by atoms with van der Waals surface area (Å²) in [6, 6.07) is 9.92. The molecule has 0 saturated carbocycles. The number of hydrogen-bond acceptors (Lipinski definition) is 6. The predicted octanol–water partition coefficient (Wildman–Crippen LogP) is 3.66. The van der Waals surface area contributed by atoms with Gasteiger partial charge in [-0.25, -0.2) is 4.98 Å². The van der Waals surface area contributed by atoms with Crippen LogP contribution in [0.3, 0.4) is 0 Å². The molecule has 3 N–H and O–H groups in total. The van der Waals surface area contributed by atoms with Crippen LogP contribution in [0.25, 0.3) is 22.4 Å². The first-order valence-corrected chi connectivity index (χ1v) is 9.58. The van der Waals surface area contributed by atoms with Crippen molar-refractivity contribution in [2.24, 2.45) is 5.92 Å². The first kappa shape index (κ1) is 18.8. The van der Waals surface area contributed by atoms with E-state index in [9.17, 15) is 10.2 Å². The Labute approximate surface area is 156 Å². The second kappa shape index (κ2) is 8.60. The summed E-state index contributed by atoms with van der Waals surface area (Å²) in [5.74, 6) is 0.338. The number of aliphatic hydroxyl groups is 3. The fourth-order valence-electron chi connectivity index (χ4n) is 2.94. The molecular weight excluding hydrogens is 350 g/mol. The third-order valence-corrected chi connectivity index (χ3v) is 5.48. The van der Waals surface area contributed by atoms with Crippen LogP contribution in [0.1, 0.15) is 30.2 Å². The molecule has 0 saturated heterocycles. The molecule has 2 atom stereocenters. The van der Waals surface area contributed by atoms with Gasteiger partial charge in [-0.3, -0.25) is 0 Å². The molecule has 138 valence electrons. The van der Waals surface area contributed by atoms with Gasteiger partial charge in [0.15, 0.2) is 5.89 Å². The van der Waals surface area contributed by atoms with Crippen LogP contribution in [-0.4, -0.2) is 33.5 Å².